The highest BCUT2D eigenvalue weighted by Crippen LogP contribution is 2.23. The van der Waals surface area contributed by atoms with E-state index in [1.54, 1.807) is 11.1 Å². The minimum Gasteiger partial charge on any atom is -0.345 e. The van der Waals surface area contributed by atoms with E-state index in [-0.39, 0.29) is 0 Å². The zero-order valence-electron chi connectivity index (χ0n) is 6.60. The van der Waals surface area contributed by atoms with E-state index in [0.717, 1.165) is 31.6 Å². The summed E-state index contributed by atoms with van der Waals surface area (Å²) in [5, 5.41) is 10.3. The van der Waals surface area contributed by atoms with Crippen LogP contribution in [0.25, 0.3) is 0 Å². The van der Waals surface area contributed by atoms with Crippen LogP contribution in [0.4, 0.5) is 0 Å². The highest BCUT2D eigenvalue weighted by molar-refractivity contribution is 5.48. The van der Waals surface area contributed by atoms with Crippen molar-refractivity contribution in [3.63, 3.8) is 0 Å². The van der Waals surface area contributed by atoms with Gasteiger partial charge in [-0.2, -0.15) is 15.4 Å². The van der Waals surface area contributed by atoms with Crippen molar-refractivity contribution in [2.75, 3.05) is 13.1 Å². The lowest BCUT2D eigenvalue weighted by molar-refractivity contribution is -0.117. The molecule has 1 saturated heterocycles. The fourth-order valence-electron chi connectivity index (χ4n) is 1.53. The van der Waals surface area contributed by atoms with Crippen LogP contribution in [0.5, 0.6) is 0 Å². The summed E-state index contributed by atoms with van der Waals surface area (Å²) in [6.45, 7) is 1.61. The van der Waals surface area contributed by atoms with Gasteiger partial charge >= 0.3 is 0 Å². The first kappa shape index (κ1) is 7.27. The monoisotopic (exact) mass is 166 g/mol. The molecule has 2 heterocycles. The maximum absolute atomic E-state index is 10.4. The van der Waals surface area contributed by atoms with E-state index in [0.29, 0.717) is 5.92 Å². The molecule has 2 rings (SSSR count). The molecule has 0 aromatic carbocycles. The summed E-state index contributed by atoms with van der Waals surface area (Å²) in [6.07, 6.45) is 3.60. The SMILES string of the molecule is O=CN1CCC(c2cn[nH]n2)C1. The van der Waals surface area contributed by atoms with Gasteiger partial charge in [-0.05, 0) is 6.42 Å². The van der Waals surface area contributed by atoms with Gasteiger partial charge in [-0.15, -0.1) is 0 Å². The quantitative estimate of drug-likeness (QED) is 0.616. The predicted molar refractivity (Wildman–Crippen MR) is 41.4 cm³/mol. The van der Waals surface area contributed by atoms with Crippen molar-refractivity contribution < 1.29 is 4.79 Å². The van der Waals surface area contributed by atoms with Gasteiger partial charge in [-0.25, -0.2) is 0 Å². The second-order valence-electron chi connectivity index (χ2n) is 2.98. The Balaban J connectivity index is 2.04. The maximum Gasteiger partial charge on any atom is 0.209 e. The summed E-state index contributed by atoms with van der Waals surface area (Å²) >= 11 is 0. The number of rotatable bonds is 2. The molecule has 1 fully saturated rings. The van der Waals surface area contributed by atoms with E-state index >= 15 is 0 Å². The van der Waals surface area contributed by atoms with Gasteiger partial charge in [-0.3, -0.25) is 4.79 Å². The molecule has 0 saturated carbocycles. The van der Waals surface area contributed by atoms with Crippen molar-refractivity contribution in [3.8, 4) is 0 Å². The van der Waals surface area contributed by atoms with Gasteiger partial charge in [-0.1, -0.05) is 0 Å². The van der Waals surface area contributed by atoms with Crippen LogP contribution in [0, 0.1) is 0 Å². The zero-order valence-corrected chi connectivity index (χ0v) is 6.60. The van der Waals surface area contributed by atoms with Crippen molar-refractivity contribution in [1.29, 1.82) is 0 Å². The minimum absolute atomic E-state index is 0.369. The third-order valence-electron chi connectivity index (χ3n) is 2.22. The number of hydrogen-bond acceptors (Lipinski definition) is 3. The third kappa shape index (κ3) is 1.17. The maximum atomic E-state index is 10.4. The van der Waals surface area contributed by atoms with Gasteiger partial charge in [0.1, 0.15) is 0 Å². The van der Waals surface area contributed by atoms with Crippen molar-refractivity contribution in [2.45, 2.75) is 12.3 Å². The Morgan fingerprint density at radius 3 is 3.25 bits per heavy atom. The van der Waals surface area contributed by atoms with Crippen LogP contribution in [0.1, 0.15) is 18.0 Å². The highest BCUT2D eigenvalue weighted by Gasteiger charge is 2.24. The number of amides is 1. The van der Waals surface area contributed by atoms with Gasteiger partial charge in [0.25, 0.3) is 0 Å². The number of likely N-dealkylation sites (tertiary alicyclic amines) is 1. The summed E-state index contributed by atoms with van der Waals surface area (Å²) in [4.78, 5) is 12.2. The molecule has 1 atom stereocenters. The first-order valence-electron chi connectivity index (χ1n) is 3.95. The first-order chi connectivity index (χ1) is 5.90. The molecule has 12 heavy (non-hydrogen) atoms. The predicted octanol–water partition coefficient (Wildman–Crippen LogP) is -0.250. The number of aromatic nitrogens is 3. The molecule has 0 bridgehead atoms. The molecule has 1 amide bonds. The average molecular weight is 166 g/mol. The smallest absolute Gasteiger partial charge is 0.209 e. The van der Waals surface area contributed by atoms with Gasteiger partial charge in [0.15, 0.2) is 0 Å². The van der Waals surface area contributed by atoms with Crippen LogP contribution in [0.15, 0.2) is 6.20 Å². The van der Waals surface area contributed by atoms with E-state index in [4.69, 9.17) is 0 Å². The molecule has 0 radical (unpaired) electrons. The van der Waals surface area contributed by atoms with Gasteiger partial charge in [0.2, 0.25) is 6.41 Å². The van der Waals surface area contributed by atoms with Crippen molar-refractivity contribution in [3.05, 3.63) is 11.9 Å². The molecule has 5 heteroatoms. The standard InChI is InChI=1S/C7H10N4O/c12-5-11-2-1-6(4-11)7-3-8-10-9-7/h3,5-6H,1-2,4H2,(H,8,9,10). The fraction of sp³-hybridized carbons (Fsp3) is 0.571. The summed E-state index contributed by atoms with van der Waals surface area (Å²) in [7, 11) is 0. The zero-order chi connectivity index (χ0) is 8.39. The van der Waals surface area contributed by atoms with Crippen molar-refractivity contribution in [2.24, 2.45) is 0 Å². The molecule has 1 aromatic rings. The number of nitrogens with one attached hydrogen (secondary N) is 1. The molecule has 1 aliphatic rings. The van der Waals surface area contributed by atoms with E-state index in [2.05, 4.69) is 15.4 Å². The summed E-state index contributed by atoms with van der Waals surface area (Å²) in [5.41, 5.74) is 0.958. The largest absolute Gasteiger partial charge is 0.345 e. The van der Waals surface area contributed by atoms with Gasteiger partial charge in [0, 0.05) is 19.0 Å². The van der Waals surface area contributed by atoms with E-state index < -0.39 is 0 Å². The molecule has 1 aliphatic heterocycles. The lowest BCUT2D eigenvalue weighted by atomic mass is 10.1. The Hall–Kier alpha value is -1.39. The Labute approximate surface area is 69.8 Å². The normalized spacial score (nSPS) is 23.0. The van der Waals surface area contributed by atoms with E-state index in [1.165, 1.54) is 0 Å². The number of aromatic amines is 1. The lowest BCUT2D eigenvalue weighted by Crippen LogP contribution is -2.17. The van der Waals surface area contributed by atoms with Gasteiger partial charge < -0.3 is 4.90 Å². The molecule has 64 valence electrons. The number of H-pyrrole nitrogens is 1. The molecule has 0 spiro atoms. The number of hydrogen-bond donors (Lipinski definition) is 1. The minimum atomic E-state index is 0.369. The van der Waals surface area contributed by atoms with Crippen LogP contribution >= 0.6 is 0 Å². The molecule has 5 nitrogen and oxygen atoms in total. The molecule has 1 aromatic heterocycles. The third-order valence-corrected chi connectivity index (χ3v) is 2.22. The summed E-state index contributed by atoms with van der Waals surface area (Å²) < 4.78 is 0. The first-order valence-corrected chi connectivity index (χ1v) is 3.95. The second-order valence-corrected chi connectivity index (χ2v) is 2.98. The molecule has 1 unspecified atom stereocenters. The van der Waals surface area contributed by atoms with Crippen LogP contribution in [-0.2, 0) is 4.79 Å². The Kier molecular flexibility index (Phi) is 1.77. The number of carbonyl (C=O) groups is 1. The average Bonchev–Trinajstić information content (AvgIpc) is 2.75. The molecular weight excluding hydrogens is 156 g/mol. The Morgan fingerprint density at radius 1 is 1.75 bits per heavy atom. The number of nitrogens with zero attached hydrogens (tertiary/aromatic N) is 3. The summed E-state index contributed by atoms with van der Waals surface area (Å²) in [6, 6.07) is 0. The van der Waals surface area contributed by atoms with Crippen LogP contribution in [-0.4, -0.2) is 39.8 Å². The molecular formula is C7H10N4O. The van der Waals surface area contributed by atoms with Crippen molar-refractivity contribution >= 4 is 6.41 Å². The fourth-order valence-corrected chi connectivity index (χ4v) is 1.53. The van der Waals surface area contributed by atoms with Gasteiger partial charge in [0.05, 0.1) is 11.9 Å². The Morgan fingerprint density at radius 2 is 2.67 bits per heavy atom. The van der Waals surface area contributed by atoms with Crippen molar-refractivity contribution in [1.82, 2.24) is 20.3 Å². The van der Waals surface area contributed by atoms with E-state index in [9.17, 15) is 4.79 Å². The van der Waals surface area contributed by atoms with Crippen LogP contribution < -0.4 is 0 Å². The topological polar surface area (TPSA) is 61.9 Å². The van der Waals surface area contributed by atoms with Crippen LogP contribution in [0.2, 0.25) is 0 Å². The van der Waals surface area contributed by atoms with E-state index in [1.807, 2.05) is 0 Å². The Bertz CT molecular complexity index is 258. The lowest BCUT2D eigenvalue weighted by Gasteiger charge is -2.06. The molecule has 1 N–H and O–H groups in total. The number of carbonyl (C=O) groups excluding carboxylic acids is 1. The van der Waals surface area contributed by atoms with Crippen LogP contribution in [0.3, 0.4) is 0 Å². The second kappa shape index (κ2) is 2.92. The highest BCUT2D eigenvalue weighted by atomic mass is 16.1. The molecule has 0 aliphatic carbocycles. The summed E-state index contributed by atoms with van der Waals surface area (Å²) in [5.74, 6) is 0.369.